The zero-order chi connectivity index (χ0) is 19.4. The molecule has 27 heavy (non-hydrogen) atoms. The van der Waals surface area contributed by atoms with Gasteiger partial charge in [0.05, 0.1) is 12.7 Å². The van der Waals surface area contributed by atoms with Crippen molar-refractivity contribution in [1.82, 2.24) is 10.6 Å². The van der Waals surface area contributed by atoms with Gasteiger partial charge in [0.2, 0.25) is 0 Å². The van der Waals surface area contributed by atoms with E-state index in [0.717, 1.165) is 41.0 Å². The molecule has 2 aromatic carbocycles. The van der Waals surface area contributed by atoms with E-state index >= 15 is 0 Å². The molecule has 5 heteroatoms. The van der Waals surface area contributed by atoms with Crippen LogP contribution in [0.1, 0.15) is 34.3 Å². The summed E-state index contributed by atoms with van der Waals surface area (Å²) in [7, 11) is 1.68. The lowest BCUT2D eigenvalue weighted by Gasteiger charge is -2.32. The molecule has 0 aliphatic carbocycles. The average Bonchev–Trinajstić information content (AvgIpc) is 2.68. The molecule has 2 aromatic rings. The molecule has 1 aliphatic heterocycles. The molecule has 0 spiro atoms. The minimum atomic E-state index is -0.856. The smallest absolute Gasteiger partial charge is 0.251 e. The van der Waals surface area contributed by atoms with Crippen LogP contribution in [0.15, 0.2) is 36.4 Å². The van der Waals surface area contributed by atoms with Gasteiger partial charge < -0.3 is 20.5 Å². The van der Waals surface area contributed by atoms with Crippen molar-refractivity contribution in [3.63, 3.8) is 0 Å². The van der Waals surface area contributed by atoms with E-state index in [2.05, 4.69) is 23.6 Å². The molecule has 0 saturated carbocycles. The number of nitrogens with one attached hydrogen (secondary N) is 2. The van der Waals surface area contributed by atoms with Gasteiger partial charge in [0, 0.05) is 18.7 Å². The third-order valence-corrected chi connectivity index (χ3v) is 5.23. The Morgan fingerprint density at radius 2 is 1.96 bits per heavy atom. The SMILES string of the molecule is COc1cc(C)c(-c2ccc(C(=O)NCC3(O)CCCNC3)cc2)cc1C. The maximum Gasteiger partial charge on any atom is 0.251 e. The van der Waals surface area contributed by atoms with Crippen molar-refractivity contribution in [2.24, 2.45) is 0 Å². The molecule has 1 aliphatic rings. The summed E-state index contributed by atoms with van der Waals surface area (Å²) in [6.07, 6.45) is 1.62. The number of benzene rings is 2. The summed E-state index contributed by atoms with van der Waals surface area (Å²) in [5.41, 5.74) is 4.13. The molecule has 144 valence electrons. The Kier molecular flexibility index (Phi) is 5.82. The van der Waals surface area contributed by atoms with Crippen LogP contribution in [0.3, 0.4) is 0 Å². The molecule has 1 amide bonds. The molecule has 5 nitrogen and oxygen atoms in total. The van der Waals surface area contributed by atoms with Crippen LogP contribution in [-0.4, -0.2) is 43.4 Å². The van der Waals surface area contributed by atoms with Gasteiger partial charge in [0.1, 0.15) is 5.75 Å². The summed E-state index contributed by atoms with van der Waals surface area (Å²) in [5, 5.41) is 16.5. The zero-order valence-corrected chi connectivity index (χ0v) is 16.3. The highest BCUT2D eigenvalue weighted by atomic mass is 16.5. The van der Waals surface area contributed by atoms with Crippen molar-refractivity contribution in [1.29, 1.82) is 0 Å². The van der Waals surface area contributed by atoms with Crippen molar-refractivity contribution in [2.45, 2.75) is 32.3 Å². The van der Waals surface area contributed by atoms with E-state index in [-0.39, 0.29) is 12.5 Å². The van der Waals surface area contributed by atoms with Gasteiger partial charge in [-0.1, -0.05) is 12.1 Å². The van der Waals surface area contributed by atoms with Crippen molar-refractivity contribution in [3.05, 3.63) is 53.1 Å². The second kappa shape index (κ2) is 8.11. The summed E-state index contributed by atoms with van der Waals surface area (Å²) in [5.74, 6) is 0.713. The fourth-order valence-electron chi connectivity index (χ4n) is 3.57. The third kappa shape index (κ3) is 4.49. The molecular weight excluding hydrogens is 340 g/mol. The van der Waals surface area contributed by atoms with Crippen LogP contribution in [-0.2, 0) is 0 Å². The highest BCUT2D eigenvalue weighted by Gasteiger charge is 2.29. The molecule has 3 rings (SSSR count). The molecule has 3 N–H and O–H groups in total. The van der Waals surface area contributed by atoms with Crippen LogP contribution in [0.2, 0.25) is 0 Å². The summed E-state index contributed by atoms with van der Waals surface area (Å²) in [4.78, 5) is 12.4. The second-order valence-corrected chi connectivity index (χ2v) is 7.40. The van der Waals surface area contributed by atoms with Gasteiger partial charge in [-0.15, -0.1) is 0 Å². The Morgan fingerprint density at radius 1 is 1.22 bits per heavy atom. The second-order valence-electron chi connectivity index (χ2n) is 7.40. The third-order valence-electron chi connectivity index (χ3n) is 5.23. The minimum absolute atomic E-state index is 0.164. The lowest BCUT2D eigenvalue weighted by Crippen LogP contribution is -2.52. The van der Waals surface area contributed by atoms with E-state index in [0.29, 0.717) is 18.5 Å². The van der Waals surface area contributed by atoms with Gasteiger partial charge >= 0.3 is 0 Å². The van der Waals surface area contributed by atoms with E-state index in [9.17, 15) is 9.90 Å². The molecule has 1 atom stereocenters. The predicted octanol–water partition coefficient (Wildman–Crippen LogP) is 2.82. The number of hydrogen-bond donors (Lipinski definition) is 3. The van der Waals surface area contributed by atoms with Crippen LogP contribution in [0.5, 0.6) is 5.75 Å². The first-order valence-corrected chi connectivity index (χ1v) is 9.39. The number of ether oxygens (including phenoxy) is 1. The van der Waals surface area contributed by atoms with Crippen LogP contribution in [0, 0.1) is 13.8 Å². The quantitative estimate of drug-likeness (QED) is 0.759. The Labute approximate surface area is 160 Å². The maximum absolute atomic E-state index is 12.4. The number of methoxy groups -OCH3 is 1. The Morgan fingerprint density at radius 3 is 2.59 bits per heavy atom. The fraction of sp³-hybridized carbons (Fsp3) is 0.409. The van der Waals surface area contributed by atoms with Crippen LogP contribution >= 0.6 is 0 Å². The fourth-order valence-corrected chi connectivity index (χ4v) is 3.57. The van der Waals surface area contributed by atoms with Gasteiger partial charge in [-0.3, -0.25) is 4.79 Å². The highest BCUT2D eigenvalue weighted by molar-refractivity contribution is 5.94. The standard InChI is InChI=1S/C22H28N2O3/c1-15-12-20(27-3)16(2)11-19(15)17-5-7-18(8-6-17)21(25)24-14-22(26)9-4-10-23-13-22/h5-8,11-12,23,26H,4,9-10,13-14H2,1-3H3,(H,24,25). The molecule has 0 radical (unpaired) electrons. The first-order valence-electron chi connectivity index (χ1n) is 9.39. The minimum Gasteiger partial charge on any atom is -0.496 e. The molecule has 0 bridgehead atoms. The highest BCUT2D eigenvalue weighted by Crippen LogP contribution is 2.30. The topological polar surface area (TPSA) is 70.6 Å². The number of piperidine rings is 1. The van der Waals surface area contributed by atoms with Crippen LogP contribution in [0.25, 0.3) is 11.1 Å². The maximum atomic E-state index is 12.4. The van der Waals surface area contributed by atoms with Crippen molar-refractivity contribution in [3.8, 4) is 16.9 Å². The van der Waals surface area contributed by atoms with E-state index in [1.807, 2.05) is 37.3 Å². The van der Waals surface area contributed by atoms with Gasteiger partial charge in [-0.2, -0.15) is 0 Å². The van der Waals surface area contributed by atoms with E-state index in [4.69, 9.17) is 4.74 Å². The first-order chi connectivity index (χ1) is 12.9. The van der Waals surface area contributed by atoms with Crippen molar-refractivity contribution in [2.75, 3.05) is 26.7 Å². The lowest BCUT2D eigenvalue weighted by atomic mass is 9.94. The molecule has 0 aromatic heterocycles. The van der Waals surface area contributed by atoms with E-state index in [1.165, 1.54) is 0 Å². The molecule has 1 unspecified atom stereocenters. The summed E-state index contributed by atoms with van der Waals surface area (Å²) in [6, 6.07) is 11.7. The molecule has 1 heterocycles. The number of rotatable bonds is 5. The Hall–Kier alpha value is -2.37. The van der Waals surface area contributed by atoms with Crippen molar-refractivity contribution < 1.29 is 14.6 Å². The summed E-state index contributed by atoms with van der Waals surface area (Å²) < 4.78 is 5.37. The number of hydrogen-bond acceptors (Lipinski definition) is 4. The number of aryl methyl sites for hydroxylation is 2. The largest absolute Gasteiger partial charge is 0.496 e. The summed E-state index contributed by atoms with van der Waals surface area (Å²) >= 11 is 0. The van der Waals surface area contributed by atoms with Gasteiger partial charge in [-0.05, 0) is 79.8 Å². The van der Waals surface area contributed by atoms with Gasteiger partial charge in [0.15, 0.2) is 0 Å². The number of carbonyl (C=O) groups is 1. The zero-order valence-electron chi connectivity index (χ0n) is 16.3. The van der Waals surface area contributed by atoms with E-state index in [1.54, 1.807) is 7.11 Å². The number of amides is 1. The van der Waals surface area contributed by atoms with Crippen LogP contribution in [0.4, 0.5) is 0 Å². The average molecular weight is 368 g/mol. The van der Waals surface area contributed by atoms with Gasteiger partial charge in [0.25, 0.3) is 5.91 Å². The lowest BCUT2D eigenvalue weighted by molar-refractivity contribution is 0.0170. The number of carbonyl (C=O) groups excluding carboxylic acids is 1. The number of aliphatic hydroxyl groups is 1. The van der Waals surface area contributed by atoms with Crippen molar-refractivity contribution >= 4 is 5.91 Å². The monoisotopic (exact) mass is 368 g/mol. The number of β-amino-alcohol motifs (C(OH)–C–C–N with tert-alkyl or cyclic N) is 1. The normalized spacial score (nSPS) is 19.6. The van der Waals surface area contributed by atoms with E-state index < -0.39 is 5.60 Å². The molecular formula is C22H28N2O3. The predicted molar refractivity (Wildman–Crippen MR) is 107 cm³/mol. The first kappa shape index (κ1) is 19.4. The Bertz CT molecular complexity index is 809. The summed E-state index contributed by atoms with van der Waals surface area (Å²) in [6.45, 7) is 5.77. The van der Waals surface area contributed by atoms with Crippen LogP contribution < -0.4 is 15.4 Å². The Balaban J connectivity index is 1.70. The van der Waals surface area contributed by atoms with Gasteiger partial charge in [-0.25, -0.2) is 0 Å². The molecule has 1 saturated heterocycles. The molecule has 1 fully saturated rings.